The average molecular weight is 254 g/mol. The molecule has 6 nitrogen and oxygen atoms in total. The van der Waals surface area contributed by atoms with Crippen LogP contribution >= 0.6 is 0 Å². The van der Waals surface area contributed by atoms with E-state index in [1.165, 1.54) is 4.90 Å². The van der Waals surface area contributed by atoms with Crippen LogP contribution in [0.5, 0.6) is 5.75 Å². The molecule has 1 aromatic carbocycles. The van der Waals surface area contributed by atoms with Gasteiger partial charge in [0.2, 0.25) is 5.82 Å². The van der Waals surface area contributed by atoms with E-state index in [4.69, 9.17) is 4.74 Å². The van der Waals surface area contributed by atoms with Gasteiger partial charge in [-0.3, -0.25) is 14.9 Å². The summed E-state index contributed by atoms with van der Waals surface area (Å²) in [5.74, 6) is -1.10. The summed E-state index contributed by atoms with van der Waals surface area (Å²) in [7, 11) is 0. The lowest BCUT2D eigenvalue weighted by Crippen LogP contribution is -2.39. The fraction of sp³-hybridized carbons (Fsp3) is 0.364. The molecular weight excluding hydrogens is 243 g/mol. The van der Waals surface area contributed by atoms with Crippen molar-refractivity contribution in [3.05, 3.63) is 28.1 Å². The van der Waals surface area contributed by atoms with Gasteiger partial charge in [0.15, 0.2) is 6.61 Å². The van der Waals surface area contributed by atoms with Crippen LogP contribution in [0.15, 0.2) is 12.1 Å². The molecule has 2 rings (SSSR count). The van der Waals surface area contributed by atoms with Crippen molar-refractivity contribution in [2.24, 2.45) is 0 Å². The van der Waals surface area contributed by atoms with Gasteiger partial charge in [-0.1, -0.05) is 6.92 Å². The molecule has 1 heterocycles. The molecule has 0 aromatic heterocycles. The number of anilines is 1. The molecule has 0 N–H and O–H groups in total. The Balaban J connectivity index is 2.52. The normalized spacial score (nSPS) is 14.1. The van der Waals surface area contributed by atoms with Gasteiger partial charge in [0.25, 0.3) is 5.91 Å². The topological polar surface area (TPSA) is 72.7 Å². The number of carbonyl (C=O) groups excluding carboxylic acids is 1. The molecule has 96 valence electrons. The first-order valence-corrected chi connectivity index (χ1v) is 5.45. The lowest BCUT2D eigenvalue weighted by atomic mass is 10.2. The zero-order valence-electron chi connectivity index (χ0n) is 9.68. The Morgan fingerprint density at radius 1 is 1.56 bits per heavy atom. The number of halogens is 1. The highest BCUT2D eigenvalue weighted by Gasteiger charge is 2.29. The molecule has 0 radical (unpaired) electrons. The summed E-state index contributed by atoms with van der Waals surface area (Å²) in [4.78, 5) is 22.9. The van der Waals surface area contributed by atoms with Gasteiger partial charge < -0.3 is 9.64 Å². The van der Waals surface area contributed by atoms with Crippen LogP contribution in [0.4, 0.5) is 15.8 Å². The summed E-state index contributed by atoms with van der Waals surface area (Å²) < 4.78 is 18.5. The zero-order chi connectivity index (χ0) is 13.3. The van der Waals surface area contributed by atoms with E-state index < -0.39 is 16.4 Å². The average Bonchev–Trinajstić information content (AvgIpc) is 2.32. The molecule has 7 heteroatoms. The number of amides is 1. The van der Waals surface area contributed by atoms with Crippen LogP contribution in [0.3, 0.4) is 0 Å². The molecule has 0 saturated carbocycles. The first-order chi connectivity index (χ1) is 8.54. The number of benzene rings is 1. The van der Waals surface area contributed by atoms with E-state index in [1.807, 2.05) is 6.92 Å². The lowest BCUT2D eigenvalue weighted by Gasteiger charge is -2.28. The maximum atomic E-state index is 13.4. The molecule has 0 unspecified atom stereocenters. The predicted octanol–water partition coefficient (Wildman–Crippen LogP) is 1.87. The number of nitro benzene ring substituents is 1. The molecule has 0 bridgehead atoms. The Kier molecular flexibility index (Phi) is 3.14. The van der Waals surface area contributed by atoms with Crippen molar-refractivity contribution in [2.75, 3.05) is 18.1 Å². The Morgan fingerprint density at radius 3 is 2.89 bits per heavy atom. The second-order valence-corrected chi connectivity index (χ2v) is 3.86. The zero-order valence-corrected chi connectivity index (χ0v) is 9.68. The van der Waals surface area contributed by atoms with Gasteiger partial charge >= 0.3 is 5.69 Å². The highest BCUT2D eigenvalue weighted by Crippen LogP contribution is 2.37. The summed E-state index contributed by atoms with van der Waals surface area (Å²) in [5.41, 5.74) is -0.408. The Morgan fingerprint density at radius 2 is 2.28 bits per heavy atom. The lowest BCUT2D eigenvalue weighted by molar-refractivity contribution is -0.387. The highest BCUT2D eigenvalue weighted by molar-refractivity contribution is 5.98. The monoisotopic (exact) mass is 254 g/mol. The van der Waals surface area contributed by atoms with Crippen molar-refractivity contribution < 1.29 is 18.8 Å². The minimum atomic E-state index is -0.968. The summed E-state index contributed by atoms with van der Waals surface area (Å²) >= 11 is 0. The van der Waals surface area contributed by atoms with Gasteiger partial charge in [-0.2, -0.15) is 4.39 Å². The van der Waals surface area contributed by atoms with E-state index in [1.54, 1.807) is 0 Å². The smallest absolute Gasteiger partial charge is 0.307 e. The summed E-state index contributed by atoms with van der Waals surface area (Å²) in [6, 6.07) is 1.99. The van der Waals surface area contributed by atoms with Crippen molar-refractivity contribution >= 4 is 17.3 Å². The van der Waals surface area contributed by atoms with Gasteiger partial charge in [0, 0.05) is 18.7 Å². The summed E-state index contributed by atoms with van der Waals surface area (Å²) in [6.45, 7) is 2.11. The molecule has 18 heavy (non-hydrogen) atoms. The summed E-state index contributed by atoms with van der Waals surface area (Å²) in [5, 5.41) is 10.7. The van der Waals surface area contributed by atoms with Gasteiger partial charge in [-0.15, -0.1) is 0 Å². The number of ether oxygens (including phenoxy) is 1. The van der Waals surface area contributed by atoms with Crippen molar-refractivity contribution in [1.29, 1.82) is 0 Å². The largest absolute Gasteiger partial charge is 0.481 e. The molecule has 1 aliphatic rings. The molecular formula is C11H11FN2O4. The van der Waals surface area contributed by atoms with Crippen LogP contribution in [0.1, 0.15) is 13.3 Å². The Hall–Kier alpha value is -2.18. The van der Waals surface area contributed by atoms with E-state index in [0.717, 1.165) is 12.1 Å². The number of nitrogens with zero attached hydrogens (tertiary/aromatic N) is 2. The number of nitro groups is 1. The summed E-state index contributed by atoms with van der Waals surface area (Å²) in [6.07, 6.45) is 0.691. The first-order valence-electron chi connectivity index (χ1n) is 5.45. The van der Waals surface area contributed by atoms with Crippen LogP contribution in [-0.2, 0) is 4.79 Å². The second-order valence-electron chi connectivity index (χ2n) is 3.86. The number of carbonyl (C=O) groups is 1. The number of hydrogen-bond acceptors (Lipinski definition) is 4. The van der Waals surface area contributed by atoms with Crippen LogP contribution in [-0.4, -0.2) is 24.0 Å². The van der Waals surface area contributed by atoms with Crippen molar-refractivity contribution in [3.63, 3.8) is 0 Å². The van der Waals surface area contributed by atoms with Gasteiger partial charge in [-0.05, 0) is 6.42 Å². The molecule has 0 aliphatic carbocycles. The third-order valence-electron chi connectivity index (χ3n) is 2.62. The standard InChI is InChI=1S/C11H11FN2O4/c1-2-3-13-9-5-8(14(16)17)7(12)4-10(9)18-6-11(13)15/h4-5H,2-3,6H2,1H3. The Bertz CT molecular complexity index is 518. The fourth-order valence-electron chi connectivity index (χ4n) is 1.82. The van der Waals surface area contributed by atoms with E-state index in [-0.39, 0.29) is 24.0 Å². The van der Waals surface area contributed by atoms with E-state index in [9.17, 15) is 19.3 Å². The molecule has 0 saturated heterocycles. The molecule has 0 atom stereocenters. The van der Waals surface area contributed by atoms with Crippen LogP contribution in [0, 0.1) is 15.9 Å². The second kappa shape index (κ2) is 4.59. The Labute approximate surface area is 102 Å². The molecule has 1 amide bonds. The van der Waals surface area contributed by atoms with Crippen LogP contribution in [0.25, 0.3) is 0 Å². The number of hydrogen-bond donors (Lipinski definition) is 0. The predicted molar refractivity (Wildman–Crippen MR) is 61.2 cm³/mol. The van der Waals surface area contributed by atoms with E-state index >= 15 is 0 Å². The molecule has 0 fully saturated rings. The van der Waals surface area contributed by atoms with Crippen molar-refractivity contribution in [2.45, 2.75) is 13.3 Å². The minimum absolute atomic E-state index is 0.158. The van der Waals surface area contributed by atoms with E-state index in [2.05, 4.69) is 0 Å². The van der Waals surface area contributed by atoms with Gasteiger partial charge in [0.05, 0.1) is 10.6 Å². The number of rotatable bonds is 3. The van der Waals surface area contributed by atoms with Gasteiger partial charge in [-0.25, -0.2) is 0 Å². The maximum Gasteiger partial charge on any atom is 0.307 e. The van der Waals surface area contributed by atoms with Crippen LogP contribution < -0.4 is 9.64 Å². The third-order valence-corrected chi connectivity index (χ3v) is 2.62. The highest BCUT2D eigenvalue weighted by atomic mass is 19.1. The molecule has 1 aliphatic heterocycles. The SMILES string of the molecule is CCCN1C(=O)COc2cc(F)c([N+](=O)[O-])cc21. The van der Waals surface area contributed by atoms with Gasteiger partial charge in [0.1, 0.15) is 5.75 Å². The number of fused-ring (bicyclic) bond motifs is 1. The van der Waals surface area contributed by atoms with Crippen LogP contribution in [0.2, 0.25) is 0 Å². The first kappa shape index (κ1) is 12.3. The van der Waals surface area contributed by atoms with Crippen molar-refractivity contribution in [3.8, 4) is 5.75 Å². The van der Waals surface area contributed by atoms with Crippen molar-refractivity contribution in [1.82, 2.24) is 0 Å². The van der Waals surface area contributed by atoms with E-state index in [0.29, 0.717) is 13.0 Å². The fourth-order valence-corrected chi connectivity index (χ4v) is 1.82. The quantitative estimate of drug-likeness (QED) is 0.609. The maximum absolute atomic E-state index is 13.4. The molecule has 0 spiro atoms. The molecule has 1 aromatic rings. The minimum Gasteiger partial charge on any atom is -0.481 e. The third kappa shape index (κ3) is 1.99.